The van der Waals surface area contributed by atoms with E-state index in [9.17, 15) is 28.8 Å². The van der Waals surface area contributed by atoms with Crippen molar-refractivity contribution in [3.8, 4) is 28.4 Å². The average molecular weight is 838 g/mol. The number of urea groups is 1. The molecule has 5 aliphatic rings. The molecule has 2 unspecified atom stereocenters. The Labute approximate surface area is 355 Å². The van der Waals surface area contributed by atoms with Crippen LogP contribution in [0.15, 0.2) is 41.3 Å². The molecule has 1 aromatic heterocycles. The monoisotopic (exact) mass is 837 g/mol. The van der Waals surface area contributed by atoms with Crippen LogP contribution >= 0.6 is 0 Å². The number of ether oxygens (including phenoxy) is 3. The second-order valence-corrected chi connectivity index (χ2v) is 17.3. The molecule has 1 spiro atoms. The number of amides is 6. The number of rotatable bonds is 13. The number of fused-ring (bicyclic) bond motifs is 2. The summed E-state index contributed by atoms with van der Waals surface area (Å²) < 4.78 is 19.2. The second kappa shape index (κ2) is 17.0. The Morgan fingerprint density at radius 1 is 0.918 bits per heavy atom. The third-order valence-corrected chi connectivity index (χ3v) is 13.3. The van der Waals surface area contributed by atoms with Crippen molar-refractivity contribution in [2.24, 2.45) is 18.4 Å². The van der Waals surface area contributed by atoms with Gasteiger partial charge in [0.1, 0.15) is 23.3 Å². The van der Waals surface area contributed by atoms with Crippen molar-refractivity contribution < 1.29 is 38.2 Å². The summed E-state index contributed by atoms with van der Waals surface area (Å²) in [6.07, 6.45) is 6.63. The Morgan fingerprint density at radius 2 is 1.64 bits per heavy atom. The fourth-order valence-electron chi connectivity index (χ4n) is 9.73. The number of carbonyl (C=O) groups is 5. The molecule has 2 N–H and O–H groups in total. The van der Waals surface area contributed by atoms with E-state index in [1.54, 1.807) is 48.9 Å². The molecule has 8 rings (SSSR count). The predicted octanol–water partition coefficient (Wildman–Crippen LogP) is 3.17. The lowest BCUT2D eigenvalue weighted by molar-refractivity contribution is -0.136. The number of carbonyl (C=O) groups excluding carboxylic acids is 5. The minimum Gasteiger partial charge on any atom is -0.496 e. The Balaban J connectivity index is 0.793. The molecule has 2 atom stereocenters. The molecule has 1 saturated carbocycles. The average Bonchev–Trinajstić information content (AvgIpc) is 3.87. The number of aromatic nitrogens is 1. The molecule has 16 heteroatoms. The van der Waals surface area contributed by atoms with Crippen LogP contribution in [-0.4, -0.2) is 128 Å². The predicted molar refractivity (Wildman–Crippen MR) is 225 cm³/mol. The van der Waals surface area contributed by atoms with Gasteiger partial charge in [-0.1, -0.05) is 0 Å². The van der Waals surface area contributed by atoms with E-state index in [2.05, 4.69) is 20.4 Å². The van der Waals surface area contributed by atoms with Gasteiger partial charge in [0, 0.05) is 57.0 Å². The third kappa shape index (κ3) is 8.22. The molecule has 1 aliphatic carbocycles. The van der Waals surface area contributed by atoms with Crippen LogP contribution in [0.5, 0.6) is 17.2 Å². The van der Waals surface area contributed by atoms with Gasteiger partial charge in [0.15, 0.2) is 0 Å². The maximum absolute atomic E-state index is 13.5. The molecule has 2 saturated heterocycles. The van der Waals surface area contributed by atoms with E-state index in [1.807, 2.05) is 32.4 Å². The summed E-state index contributed by atoms with van der Waals surface area (Å²) in [6, 6.07) is 7.64. The summed E-state index contributed by atoms with van der Waals surface area (Å²) in [6.45, 7) is 5.27. The number of nitrogens with zero attached hydrogens (tertiary/aromatic N) is 5. The Kier molecular flexibility index (Phi) is 11.7. The van der Waals surface area contributed by atoms with Crippen molar-refractivity contribution in [1.29, 1.82) is 0 Å². The van der Waals surface area contributed by atoms with Gasteiger partial charge < -0.3 is 38.8 Å². The van der Waals surface area contributed by atoms with E-state index in [0.29, 0.717) is 61.4 Å². The zero-order valence-corrected chi connectivity index (χ0v) is 35.6. The first kappa shape index (κ1) is 42.0. The minimum atomic E-state index is -1.01. The molecule has 61 heavy (non-hydrogen) atoms. The van der Waals surface area contributed by atoms with Crippen LogP contribution in [0.2, 0.25) is 0 Å². The highest BCUT2D eigenvalue weighted by atomic mass is 16.5. The number of likely N-dealkylation sites (tertiary alicyclic amines) is 1. The van der Waals surface area contributed by atoms with Crippen LogP contribution in [0.4, 0.5) is 4.79 Å². The quantitative estimate of drug-likeness (QED) is 0.192. The molecule has 5 heterocycles. The summed E-state index contributed by atoms with van der Waals surface area (Å²) in [5.41, 5.74) is 4.94. The fraction of sp³-hybridized carbons (Fsp3) is 0.511. The minimum absolute atomic E-state index is 0.0693. The molecule has 6 amide bonds. The highest BCUT2D eigenvalue weighted by Gasteiger charge is 2.54. The van der Waals surface area contributed by atoms with E-state index < -0.39 is 29.7 Å². The molecule has 0 bridgehead atoms. The zero-order valence-electron chi connectivity index (χ0n) is 35.6. The topological polar surface area (TPSA) is 172 Å². The molecule has 3 fully saturated rings. The lowest BCUT2D eigenvalue weighted by atomic mass is 9.90. The number of hydrogen-bond donors (Lipinski definition) is 2. The van der Waals surface area contributed by atoms with Gasteiger partial charge >= 0.3 is 6.03 Å². The van der Waals surface area contributed by atoms with Crippen molar-refractivity contribution in [3.63, 3.8) is 0 Å². The number of benzene rings is 2. The van der Waals surface area contributed by atoms with Crippen LogP contribution in [0.1, 0.15) is 75.9 Å². The molecular weight excluding hydrogens is 783 g/mol. The second-order valence-electron chi connectivity index (χ2n) is 17.3. The first-order chi connectivity index (χ1) is 29.3. The number of pyridine rings is 1. The zero-order chi connectivity index (χ0) is 43.2. The summed E-state index contributed by atoms with van der Waals surface area (Å²) in [5.74, 6) is 0.201. The molecule has 0 radical (unpaired) electrons. The fourth-order valence-corrected chi connectivity index (χ4v) is 9.73. The van der Waals surface area contributed by atoms with Gasteiger partial charge in [0.25, 0.3) is 17.4 Å². The van der Waals surface area contributed by atoms with E-state index in [4.69, 9.17) is 14.2 Å². The Hall–Kier alpha value is -5.74. The van der Waals surface area contributed by atoms with Crippen LogP contribution in [0, 0.1) is 11.3 Å². The summed E-state index contributed by atoms with van der Waals surface area (Å²) in [7, 11) is 9.03. The molecule has 16 nitrogen and oxygen atoms in total. The van der Waals surface area contributed by atoms with Gasteiger partial charge in [-0.15, -0.1) is 0 Å². The smallest absolute Gasteiger partial charge is 0.317 e. The van der Waals surface area contributed by atoms with Gasteiger partial charge in [0.05, 0.1) is 44.1 Å². The number of nitrogens with one attached hydrogen (secondary N) is 2. The van der Waals surface area contributed by atoms with Crippen LogP contribution in [0.3, 0.4) is 0 Å². The molecule has 4 aliphatic heterocycles. The Bertz CT molecular complexity index is 2310. The van der Waals surface area contributed by atoms with Gasteiger partial charge in [-0.3, -0.25) is 34.2 Å². The maximum Gasteiger partial charge on any atom is 0.317 e. The molecule has 2 aromatic carbocycles. The first-order valence-electron chi connectivity index (χ1n) is 21.2. The van der Waals surface area contributed by atoms with Crippen molar-refractivity contribution >= 4 is 29.7 Å². The number of hydrogen-bond acceptors (Lipinski definition) is 11. The molecular formula is C45H55N7O9. The summed E-state index contributed by atoms with van der Waals surface area (Å²) in [5, 5.41) is 5.41. The number of imide groups is 2. The van der Waals surface area contributed by atoms with E-state index in [-0.39, 0.29) is 47.5 Å². The van der Waals surface area contributed by atoms with Gasteiger partial charge in [-0.05, 0) is 119 Å². The highest BCUT2D eigenvalue weighted by molar-refractivity contribution is 6.23. The normalized spacial score (nSPS) is 20.8. The van der Waals surface area contributed by atoms with Gasteiger partial charge in [-0.25, -0.2) is 4.79 Å². The molecule has 324 valence electrons. The standard InChI is InChI=1S/C45H55N7O9/c1-48(2)24-35-37(59-4)19-27(20-38(35)60-5)33-25-49(3)41(55)34-26-51(15-11-30(33)34)44(58)46-23-28-22-45(28)12-16-50(17-13-45)14-6-18-61-29-7-8-31-32(21-29)43(57)52(42(31)56)36-9-10-39(53)47-40(36)54/h7-8,19-21,25,28,36H,6,9-18,22-24,26H2,1-5H3,(H,46,58)(H,47,53,54). The van der Waals surface area contributed by atoms with E-state index in [0.717, 1.165) is 72.5 Å². The molecule has 3 aromatic rings. The van der Waals surface area contributed by atoms with E-state index >= 15 is 0 Å². The maximum atomic E-state index is 13.5. The van der Waals surface area contributed by atoms with Crippen LogP contribution in [0.25, 0.3) is 11.1 Å². The lowest BCUT2D eigenvalue weighted by Gasteiger charge is -2.33. The van der Waals surface area contributed by atoms with Crippen LogP contribution < -0.4 is 30.4 Å². The highest BCUT2D eigenvalue weighted by Crippen LogP contribution is 2.59. The Morgan fingerprint density at radius 3 is 2.33 bits per heavy atom. The van der Waals surface area contributed by atoms with Crippen molar-refractivity contribution in [1.82, 2.24) is 34.8 Å². The largest absolute Gasteiger partial charge is 0.496 e. The summed E-state index contributed by atoms with van der Waals surface area (Å²) >= 11 is 0. The number of methoxy groups -OCH3 is 2. The lowest BCUT2D eigenvalue weighted by Crippen LogP contribution is -2.54. The number of aryl methyl sites for hydroxylation is 1. The van der Waals surface area contributed by atoms with Gasteiger partial charge in [0.2, 0.25) is 11.8 Å². The van der Waals surface area contributed by atoms with E-state index in [1.165, 1.54) is 0 Å². The van der Waals surface area contributed by atoms with Crippen LogP contribution in [-0.2, 0) is 36.1 Å². The SMILES string of the molecule is COc1cc(-c2cn(C)c(=O)c3c2CCN(C(=O)NCC2CC24CCN(CCCOc2ccc5c(c2)C(=O)N(C2CCC(=O)NC2=O)C5=O)CC4)C3)cc(OC)c1CN(C)C. The van der Waals surface area contributed by atoms with Crippen molar-refractivity contribution in [2.75, 3.05) is 67.6 Å². The van der Waals surface area contributed by atoms with Gasteiger partial charge in [-0.2, -0.15) is 0 Å². The first-order valence-corrected chi connectivity index (χ1v) is 21.2. The summed E-state index contributed by atoms with van der Waals surface area (Å²) in [4.78, 5) is 84.3. The van der Waals surface area contributed by atoms with Crippen molar-refractivity contribution in [2.45, 2.75) is 64.1 Å². The number of piperidine rings is 2. The van der Waals surface area contributed by atoms with Crippen molar-refractivity contribution in [3.05, 3.63) is 74.7 Å². The third-order valence-electron chi connectivity index (χ3n) is 13.3.